The fourth-order valence-corrected chi connectivity index (χ4v) is 2.69. The van der Waals surface area contributed by atoms with E-state index in [1.165, 1.54) is 0 Å². The Morgan fingerprint density at radius 1 is 1.17 bits per heavy atom. The van der Waals surface area contributed by atoms with E-state index >= 15 is 0 Å². The van der Waals surface area contributed by atoms with Crippen LogP contribution in [0.4, 0.5) is 0 Å². The average Bonchev–Trinajstić information content (AvgIpc) is 1.78. The van der Waals surface area contributed by atoms with Crippen molar-refractivity contribution in [2.75, 3.05) is 13.2 Å². The highest BCUT2D eigenvalue weighted by molar-refractivity contribution is 8.01. The highest BCUT2D eigenvalue weighted by Gasteiger charge is 2.26. The quantitative estimate of drug-likeness (QED) is 0.692. The molecule has 0 aliphatic heterocycles. The Hall–Kier alpha value is 0.270. The van der Waals surface area contributed by atoms with Crippen molar-refractivity contribution in [2.24, 2.45) is 5.73 Å². The molecule has 0 atom stereocenters. The Morgan fingerprint density at radius 2 is 1.67 bits per heavy atom. The summed E-state index contributed by atoms with van der Waals surface area (Å²) in [6, 6.07) is 0. The lowest BCUT2D eigenvalue weighted by molar-refractivity contribution is 0.0573. The van der Waals surface area contributed by atoms with Crippen molar-refractivity contribution in [3.8, 4) is 0 Å². The first-order valence-electron chi connectivity index (χ1n) is 4.31. The summed E-state index contributed by atoms with van der Waals surface area (Å²) >= 11 is 1.82. The molecule has 0 aromatic carbocycles. The minimum absolute atomic E-state index is 0.127. The molecule has 0 fully saturated rings. The number of rotatable bonds is 4. The van der Waals surface area contributed by atoms with Gasteiger partial charge in [-0.25, -0.2) is 0 Å². The van der Waals surface area contributed by atoms with Gasteiger partial charge in [0.25, 0.3) is 0 Å². The topological polar surface area (TPSA) is 35.2 Å². The van der Waals surface area contributed by atoms with Crippen LogP contribution in [0.1, 0.15) is 34.6 Å². The van der Waals surface area contributed by atoms with E-state index in [2.05, 4.69) is 34.6 Å². The van der Waals surface area contributed by atoms with Gasteiger partial charge in [-0.1, -0.05) is 20.8 Å². The van der Waals surface area contributed by atoms with Crippen LogP contribution >= 0.6 is 11.8 Å². The molecule has 0 aliphatic rings. The first-order valence-corrected chi connectivity index (χ1v) is 5.13. The van der Waals surface area contributed by atoms with E-state index in [1.54, 1.807) is 0 Å². The first kappa shape index (κ1) is 12.3. The third-order valence-corrected chi connectivity index (χ3v) is 2.34. The van der Waals surface area contributed by atoms with Crippen molar-refractivity contribution < 1.29 is 4.74 Å². The van der Waals surface area contributed by atoms with Crippen LogP contribution in [-0.2, 0) is 4.74 Å². The molecule has 12 heavy (non-hydrogen) atoms. The normalized spacial score (nSPS) is 13.5. The largest absolute Gasteiger partial charge is 0.364 e. The van der Waals surface area contributed by atoms with Crippen LogP contribution in [-0.4, -0.2) is 22.8 Å². The minimum atomic E-state index is -0.127. The summed E-state index contributed by atoms with van der Waals surface area (Å²) in [7, 11) is 0. The van der Waals surface area contributed by atoms with Gasteiger partial charge in [-0.15, -0.1) is 11.8 Å². The van der Waals surface area contributed by atoms with E-state index in [1.807, 2.05) is 11.8 Å². The van der Waals surface area contributed by atoms with Crippen molar-refractivity contribution in [3.05, 3.63) is 0 Å². The van der Waals surface area contributed by atoms with Crippen LogP contribution in [0.15, 0.2) is 0 Å². The number of nitrogens with two attached hydrogens (primary N) is 1. The number of ether oxygens (including phenoxy) is 1. The predicted octanol–water partition coefficient (Wildman–Crippen LogP) is 2.23. The molecule has 2 nitrogen and oxygen atoms in total. The highest BCUT2D eigenvalue weighted by atomic mass is 32.2. The fourth-order valence-electron chi connectivity index (χ4n) is 1.07. The van der Waals surface area contributed by atoms with E-state index in [0.29, 0.717) is 13.2 Å². The molecule has 0 bridgehead atoms. The molecule has 0 spiro atoms. The maximum atomic E-state index is 5.59. The van der Waals surface area contributed by atoms with Crippen LogP contribution < -0.4 is 5.73 Å². The van der Waals surface area contributed by atoms with Gasteiger partial charge in [0.05, 0.1) is 6.61 Å². The Morgan fingerprint density at radius 3 is 2.00 bits per heavy atom. The van der Waals surface area contributed by atoms with Crippen molar-refractivity contribution >= 4 is 11.8 Å². The third kappa shape index (κ3) is 6.95. The molecule has 0 rings (SSSR count). The molecule has 0 heterocycles. The lowest BCUT2D eigenvalue weighted by atomic mass is 10.3. The molecule has 0 unspecified atom stereocenters. The first-order chi connectivity index (χ1) is 5.27. The van der Waals surface area contributed by atoms with Gasteiger partial charge in [-0.3, -0.25) is 0 Å². The van der Waals surface area contributed by atoms with Crippen molar-refractivity contribution in [1.82, 2.24) is 0 Å². The summed E-state index contributed by atoms with van der Waals surface area (Å²) < 4.78 is 5.83. The zero-order valence-electron chi connectivity index (χ0n) is 8.81. The summed E-state index contributed by atoms with van der Waals surface area (Å²) in [6.07, 6.45) is 0. The smallest absolute Gasteiger partial charge is 0.108 e. The Labute approximate surface area is 80.2 Å². The van der Waals surface area contributed by atoms with Crippen LogP contribution in [0.3, 0.4) is 0 Å². The summed E-state index contributed by atoms with van der Waals surface area (Å²) in [4.78, 5) is -0.127. The van der Waals surface area contributed by atoms with Gasteiger partial charge in [0.15, 0.2) is 0 Å². The lowest BCUT2D eigenvalue weighted by Gasteiger charge is -2.31. The van der Waals surface area contributed by atoms with E-state index in [9.17, 15) is 0 Å². The van der Waals surface area contributed by atoms with Crippen molar-refractivity contribution in [2.45, 2.75) is 44.3 Å². The maximum absolute atomic E-state index is 5.59. The Bertz CT molecular complexity index is 129. The molecule has 0 aliphatic carbocycles. The number of hydrogen-bond acceptors (Lipinski definition) is 3. The number of hydrogen-bond donors (Lipinski definition) is 1. The summed E-state index contributed by atoms with van der Waals surface area (Å²) in [6.45, 7) is 11.9. The van der Waals surface area contributed by atoms with Gasteiger partial charge < -0.3 is 10.5 Å². The molecule has 0 saturated heterocycles. The average molecular weight is 191 g/mol. The highest BCUT2D eigenvalue weighted by Crippen LogP contribution is 2.36. The summed E-state index contributed by atoms with van der Waals surface area (Å²) in [5.41, 5.74) is 5.37. The maximum Gasteiger partial charge on any atom is 0.108 e. The Kier molecular flexibility index (Phi) is 4.59. The monoisotopic (exact) mass is 191 g/mol. The van der Waals surface area contributed by atoms with E-state index in [4.69, 9.17) is 10.5 Å². The predicted molar refractivity (Wildman–Crippen MR) is 56.4 cm³/mol. The van der Waals surface area contributed by atoms with E-state index in [0.717, 1.165) is 0 Å². The Balaban J connectivity index is 3.86. The molecule has 0 saturated carbocycles. The molecule has 0 aromatic heterocycles. The molecule has 0 amide bonds. The van der Waals surface area contributed by atoms with Crippen molar-refractivity contribution in [3.63, 3.8) is 0 Å². The fraction of sp³-hybridized carbons (Fsp3) is 1.00. The van der Waals surface area contributed by atoms with Crippen LogP contribution in [0, 0.1) is 0 Å². The molecule has 74 valence electrons. The number of thioether (sulfide) groups is 1. The molecular weight excluding hydrogens is 170 g/mol. The molecule has 3 heteroatoms. The molecule has 0 aromatic rings. The van der Waals surface area contributed by atoms with Gasteiger partial charge in [0.1, 0.15) is 4.93 Å². The summed E-state index contributed by atoms with van der Waals surface area (Å²) in [5, 5.41) is 0. The van der Waals surface area contributed by atoms with Gasteiger partial charge >= 0.3 is 0 Å². The molecule has 0 radical (unpaired) electrons. The SMILES string of the molecule is CC(C)(C)SC(C)(C)OCCN. The van der Waals surface area contributed by atoms with Gasteiger partial charge in [-0.2, -0.15) is 0 Å². The second-order valence-corrected chi connectivity index (χ2v) is 6.66. The third-order valence-electron chi connectivity index (χ3n) is 1.12. The van der Waals surface area contributed by atoms with Crippen LogP contribution in [0.2, 0.25) is 0 Å². The molecule has 2 N–H and O–H groups in total. The second kappa shape index (κ2) is 4.49. The minimum Gasteiger partial charge on any atom is -0.364 e. The van der Waals surface area contributed by atoms with Gasteiger partial charge in [-0.05, 0) is 13.8 Å². The van der Waals surface area contributed by atoms with Crippen molar-refractivity contribution in [1.29, 1.82) is 0 Å². The van der Waals surface area contributed by atoms with Crippen LogP contribution in [0.5, 0.6) is 0 Å². The second-order valence-electron chi connectivity index (χ2n) is 4.25. The van der Waals surface area contributed by atoms with E-state index < -0.39 is 0 Å². The zero-order valence-corrected chi connectivity index (χ0v) is 9.62. The zero-order chi connectivity index (χ0) is 9.83. The standard InChI is InChI=1S/C9H21NOS/c1-8(2,3)12-9(4,5)11-7-6-10/h6-7,10H2,1-5H3. The summed E-state index contributed by atoms with van der Waals surface area (Å²) in [5.74, 6) is 0. The van der Waals surface area contributed by atoms with Crippen LogP contribution in [0.25, 0.3) is 0 Å². The van der Waals surface area contributed by atoms with Gasteiger partial charge in [0, 0.05) is 11.3 Å². The molecular formula is C9H21NOS. The van der Waals surface area contributed by atoms with Gasteiger partial charge in [0.2, 0.25) is 0 Å². The lowest BCUT2D eigenvalue weighted by Crippen LogP contribution is -2.28. The van der Waals surface area contributed by atoms with E-state index in [-0.39, 0.29) is 9.68 Å².